The van der Waals surface area contributed by atoms with Crippen LogP contribution in [0.3, 0.4) is 0 Å². The normalized spacial score (nSPS) is 10.3. The van der Waals surface area contributed by atoms with Gasteiger partial charge in [0.2, 0.25) is 0 Å². The van der Waals surface area contributed by atoms with E-state index in [2.05, 4.69) is 20.9 Å². The molecule has 0 amide bonds. The first-order valence-corrected chi connectivity index (χ1v) is 5.66. The maximum absolute atomic E-state index is 10.8. The molecule has 8 heteroatoms. The molecule has 0 radical (unpaired) electrons. The van der Waals surface area contributed by atoms with E-state index < -0.39 is 4.92 Å². The fraction of sp³-hybridized carbons (Fsp3) is 0.444. The van der Waals surface area contributed by atoms with Gasteiger partial charge in [-0.3, -0.25) is 0 Å². The van der Waals surface area contributed by atoms with Crippen LogP contribution in [0, 0.1) is 10.1 Å². The molecule has 0 saturated carbocycles. The molecule has 2 N–H and O–H groups in total. The molecule has 0 fully saturated rings. The van der Waals surface area contributed by atoms with Crippen LogP contribution >= 0.6 is 15.9 Å². The number of pyridine rings is 1. The van der Waals surface area contributed by atoms with Gasteiger partial charge in [-0.15, -0.1) is 0 Å². The molecule has 1 heterocycles. The van der Waals surface area contributed by atoms with Crippen LogP contribution < -0.4 is 4.90 Å². The maximum Gasteiger partial charge on any atom is 0.387 e. The lowest BCUT2D eigenvalue weighted by Crippen LogP contribution is -2.30. The van der Waals surface area contributed by atoms with E-state index in [0.29, 0.717) is 4.47 Å². The zero-order valence-electron chi connectivity index (χ0n) is 8.91. The van der Waals surface area contributed by atoms with Gasteiger partial charge in [-0.2, -0.15) is 0 Å². The summed E-state index contributed by atoms with van der Waals surface area (Å²) in [6.07, 6.45) is 1.33. The van der Waals surface area contributed by atoms with Crippen molar-refractivity contribution < 1.29 is 15.1 Å². The van der Waals surface area contributed by atoms with E-state index in [4.69, 9.17) is 10.2 Å². The molecule has 0 aliphatic rings. The van der Waals surface area contributed by atoms with Crippen molar-refractivity contribution in [3.05, 3.63) is 26.9 Å². The van der Waals surface area contributed by atoms with E-state index in [0.717, 1.165) is 0 Å². The lowest BCUT2D eigenvalue weighted by Gasteiger charge is -2.22. The molecule has 0 aliphatic carbocycles. The predicted octanol–water partition coefficient (Wildman–Crippen LogP) is 0.543. The molecular formula is C9H12BrN3O4. The second kappa shape index (κ2) is 6.48. The monoisotopic (exact) mass is 305 g/mol. The Labute approximate surface area is 106 Å². The van der Waals surface area contributed by atoms with Gasteiger partial charge in [0.15, 0.2) is 6.20 Å². The number of anilines is 1. The van der Waals surface area contributed by atoms with Gasteiger partial charge < -0.3 is 25.2 Å². The molecule has 1 aromatic heterocycles. The van der Waals surface area contributed by atoms with E-state index in [1.807, 2.05) is 0 Å². The molecule has 0 aromatic carbocycles. The summed E-state index contributed by atoms with van der Waals surface area (Å²) in [5, 5.41) is 28.6. The summed E-state index contributed by atoms with van der Waals surface area (Å²) >= 11 is 3.18. The number of nitrogens with zero attached hydrogens (tertiary/aromatic N) is 3. The smallest absolute Gasteiger partial charge is 0.387 e. The van der Waals surface area contributed by atoms with Crippen LogP contribution in [0.15, 0.2) is 16.7 Å². The molecule has 1 rings (SSSR count). The second-order valence-electron chi connectivity index (χ2n) is 3.19. The molecule has 0 saturated heterocycles. The zero-order chi connectivity index (χ0) is 12.8. The molecule has 0 bridgehead atoms. The van der Waals surface area contributed by atoms with Crippen molar-refractivity contribution in [2.75, 3.05) is 31.2 Å². The minimum Gasteiger partial charge on any atom is -0.395 e. The molecule has 1 aromatic rings. The van der Waals surface area contributed by atoms with Gasteiger partial charge in [0.1, 0.15) is 5.69 Å². The predicted molar refractivity (Wildman–Crippen MR) is 65.0 cm³/mol. The van der Waals surface area contributed by atoms with Crippen LogP contribution in [-0.2, 0) is 0 Å². The highest BCUT2D eigenvalue weighted by atomic mass is 79.9. The van der Waals surface area contributed by atoms with E-state index in [1.165, 1.54) is 17.2 Å². The average molecular weight is 306 g/mol. The van der Waals surface area contributed by atoms with Crippen LogP contribution in [0.25, 0.3) is 0 Å². The molecular weight excluding hydrogens is 294 g/mol. The Morgan fingerprint density at radius 2 is 2.00 bits per heavy atom. The van der Waals surface area contributed by atoms with Crippen LogP contribution in [0.4, 0.5) is 11.5 Å². The fourth-order valence-electron chi connectivity index (χ4n) is 1.39. The van der Waals surface area contributed by atoms with Crippen LogP contribution in [0.2, 0.25) is 0 Å². The molecule has 94 valence electrons. The number of rotatable bonds is 6. The molecule has 0 aliphatic heterocycles. The van der Waals surface area contributed by atoms with Gasteiger partial charge in [-0.05, 0) is 31.9 Å². The number of aromatic nitrogens is 1. The highest BCUT2D eigenvalue weighted by Gasteiger charge is 2.20. The number of halogens is 1. The third-order valence-electron chi connectivity index (χ3n) is 2.07. The Kier molecular flexibility index (Phi) is 5.26. The topological polar surface area (TPSA) is 99.7 Å². The van der Waals surface area contributed by atoms with Crippen molar-refractivity contribution in [1.29, 1.82) is 0 Å². The quantitative estimate of drug-likeness (QED) is 0.588. The Morgan fingerprint density at radius 3 is 2.47 bits per heavy atom. The molecule has 7 nitrogen and oxygen atoms in total. The third-order valence-corrected chi connectivity index (χ3v) is 2.50. The number of nitro groups is 1. The number of hydrogen-bond donors (Lipinski definition) is 2. The van der Waals surface area contributed by atoms with E-state index in [-0.39, 0.29) is 37.8 Å². The fourth-order valence-corrected chi connectivity index (χ4v) is 1.71. The molecule has 0 spiro atoms. The van der Waals surface area contributed by atoms with Crippen LogP contribution in [0.5, 0.6) is 0 Å². The van der Waals surface area contributed by atoms with Crippen molar-refractivity contribution in [3.8, 4) is 0 Å². The van der Waals surface area contributed by atoms with Crippen molar-refractivity contribution in [2.45, 2.75) is 0 Å². The van der Waals surface area contributed by atoms with Crippen molar-refractivity contribution in [1.82, 2.24) is 4.98 Å². The van der Waals surface area contributed by atoms with Gasteiger partial charge in [-0.25, -0.2) is 0 Å². The molecule has 17 heavy (non-hydrogen) atoms. The van der Waals surface area contributed by atoms with E-state index >= 15 is 0 Å². The summed E-state index contributed by atoms with van der Waals surface area (Å²) in [5.41, 5.74) is 0.271. The first-order chi connectivity index (χ1) is 8.10. The molecule has 0 unspecified atom stereocenters. The number of hydrogen-bond acceptors (Lipinski definition) is 6. The minimum absolute atomic E-state index is 0.163. The second-order valence-corrected chi connectivity index (χ2v) is 4.10. The van der Waals surface area contributed by atoms with Crippen molar-refractivity contribution >= 4 is 27.4 Å². The van der Waals surface area contributed by atoms with Gasteiger partial charge >= 0.3 is 5.82 Å². The standard InChI is InChI=1S/C9H12BrN3O4/c10-7-5-8(9(11-6-7)13(16)17)12(1-3-14)2-4-15/h5-6,14-15H,1-4H2. The summed E-state index contributed by atoms with van der Waals surface area (Å²) in [6, 6.07) is 1.54. The van der Waals surface area contributed by atoms with Gasteiger partial charge in [0.05, 0.1) is 17.7 Å². The number of aliphatic hydroxyl groups is 2. The average Bonchev–Trinajstić information content (AvgIpc) is 2.28. The van der Waals surface area contributed by atoms with Crippen LogP contribution in [0.1, 0.15) is 0 Å². The Hall–Kier alpha value is -1.25. The maximum atomic E-state index is 10.8. The SMILES string of the molecule is O=[N+]([O-])c1ncc(Br)cc1N(CCO)CCO. The third kappa shape index (κ3) is 3.62. The van der Waals surface area contributed by atoms with Crippen LogP contribution in [-0.4, -0.2) is 46.4 Å². The summed E-state index contributed by atoms with van der Waals surface area (Å²) in [5.74, 6) is -0.296. The van der Waals surface area contributed by atoms with Gasteiger partial charge in [-0.1, -0.05) is 0 Å². The number of aliphatic hydroxyl groups excluding tert-OH is 2. The zero-order valence-corrected chi connectivity index (χ0v) is 10.5. The first-order valence-electron chi connectivity index (χ1n) is 4.86. The Morgan fingerprint density at radius 1 is 1.41 bits per heavy atom. The summed E-state index contributed by atoms with van der Waals surface area (Å²) in [6.45, 7) is 0.0619. The lowest BCUT2D eigenvalue weighted by molar-refractivity contribution is -0.388. The Bertz CT molecular complexity index is 396. The van der Waals surface area contributed by atoms with E-state index in [9.17, 15) is 10.1 Å². The Balaban J connectivity index is 3.14. The highest BCUT2D eigenvalue weighted by Crippen LogP contribution is 2.28. The first kappa shape index (κ1) is 13.8. The van der Waals surface area contributed by atoms with Crippen molar-refractivity contribution in [2.24, 2.45) is 0 Å². The summed E-state index contributed by atoms with van der Waals surface area (Å²) in [7, 11) is 0. The molecule has 0 atom stereocenters. The summed E-state index contributed by atoms with van der Waals surface area (Å²) < 4.78 is 0.596. The van der Waals surface area contributed by atoms with Gasteiger partial charge in [0, 0.05) is 13.1 Å². The highest BCUT2D eigenvalue weighted by molar-refractivity contribution is 9.10. The lowest BCUT2D eigenvalue weighted by atomic mass is 10.3. The summed E-state index contributed by atoms with van der Waals surface area (Å²) in [4.78, 5) is 15.5. The minimum atomic E-state index is -0.594. The van der Waals surface area contributed by atoms with Gasteiger partial charge in [0.25, 0.3) is 0 Å². The van der Waals surface area contributed by atoms with E-state index in [1.54, 1.807) is 0 Å². The van der Waals surface area contributed by atoms with Crippen molar-refractivity contribution in [3.63, 3.8) is 0 Å². The largest absolute Gasteiger partial charge is 0.395 e.